The van der Waals surface area contributed by atoms with Gasteiger partial charge in [0, 0.05) is 25.4 Å². The van der Waals surface area contributed by atoms with Crippen molar-refractivity contribution in [3.63, 3.8) is 0 Å². The average Bonchev–Trinajstić information content (AvgIpc) is 2.77. The quantitative estimate of drug-likeness (QED) is 0.911. The van der Waals surface area contributed by atoms with Crippen molar-refractivity contribution in [3.8, 4) is 5.69 Å². The Balaban J connectivity index is 2.19. The molecule has 0 aliphatic heterocycles. The maximum atomic E-state index is 12.1. The number of aliphatic hydroxyl groups excluding tert-OH is 1. The molecule has 2 amide bonds. The van der Waals surface area contributed by atoms with Gasteiger partial charge in [-0.05, 0) is 51.0 Å². The lowest BCUT2D eigenvalue weighted by atomic mass is 10.1. The number of urea groups is 1. The maximum Gasteiger partial charge on any atom is 0.322 e. The van der Waals surface area contributed by atoms with Crippen molar-refractivity contribution in [2.24, 2.45) is 0 Å². The Hall–Kier alpha value is -2.34. The number of aryl methyl sites for hydroxylation is 3. The van der Waals surface area contributed by atoms with Crippen LogP contribution in [0.4, 0.5) is 10.6 Å². The molecule has 0 aliphatic carbocycles. The number of amides is 2. The van der Waals surface area contributed by atoms with Gasteiger partial charge in [0.1, 0.15) is 0 Å². The molecule has 0 unspecified atom stereocenters. The molecule has 0 bridgehead atoms. The molecule has 2 aromatic rings. The molecule has 1 aromatic heterocycles. The molecule has 6 heteroatoms. The highest BCUT2D eigenvalue weighted by Crippen LogP contribution is 2.18. The topological polar surface area (TPSA) is 70.4 Å². The van der Waals surface area contributed by atoms with Crippen molar-refractivity contribution >= 4 is 11.8 Å². The van der Waals surface area contributed by atoms with E-state index in [1.54, 1.807) is 14.0 Å². The van der Waals surface area contributed by atoms with Crippen LogP contribution in [0, 0.1) is 20.8 Å². The van der Waals surface area contributed by atoms with Crippen LogP contribution in [0.5, 0.6) is 0 Å². The second-order valence-electron chi connectivity index (χ2n) is 6.09. The summed E-state index contributed by atoms with van der Waals surface area (Å²) in [5.41, 5.74) is 4.23. The van der Waals surface area contributed by atoms with E-state index in [2.05, 4.69) is 28.6 Å². The normalized spacial score (nSPS) is 12.1. The number of carbonyl (C=O) groups excluding carboxylic acids is 1. The van der Waals surface area contributed by atoms with Crippen LogP contribution in [0.3, 0.4) is 0 Å². The first-order chi connectivity index (χ1) is 10.8. The summed E-state index contributed by atoms with van der Waals surface area (Å²) < 4.78 is 1.81. The molecule has 1 heterocycles. The zero-order chi connectivity index (χ0) is 17.1. The van der Waals surface area contributed by atoms with Crippen molar-refractivity contribution in [2.75, 3.05) is 18.9 Å². The van der Waals surface area contributed by atoms with Gasteiger partial charge < -0.3 is 10.0 Å². The van der Waals surface area contributed by atoms with Crippen LogP contribution in [0.2, 0.25) is 0 Å². The van der Waals surface area contributed by atoms with Crippen LogP contribution in [-0.4, -0.2) is 45.5 Å². The highest BCUT2D eigenvalue weighted by Gasteiger charge is 2.14. The lowest BCUT2D eigenvalue weighted by Crippen LogP contribution is -2.36. The number of rotatable bonds is 4. The summed E-state index contributed by atoms with van der Waals surface area (Å²) in [6.45, 7) is 7.94. The predicted molar refractivity (Wildman–Crippen MR) is 91.1 cm³/mol. The van der Waals surface area contributed by atoms with Crippen LogP contribution in [0.1, 0.15) is 23.7 Å². The highest BCUT2D eigenvalue weighted by atomic mass is 16.3. The minimum atomic E-state index is -0.569. The van der Waals surface area contributed by atoms with Gasteiger partial charge in [0.05, 0.1) is 11.8 Å². The Kier molecular flexibility index (Phi) is 5.05. The van der Waals surface area contributed by atoms with Gasteiger partial charge in [-0.3, -0.25) is 5.32 Å². The second-order valence-corrected chi connectivity index (χ2v) is 6.09. The van der Waals surface area contributed by atoms with Crippen molar-refractivity contribution in [2.45, 2.75) is 33.8 Å². The number of aliphatic hydroxyl groups is 1. The second kappa shape index (κ2) is 6.83. The Morgan fingerprint density at radius 2 is 1.87 bits per heavy atom. The third-order valence-corrected chi connectivity index (χ3v) is 3.46. The van der Waals surface area contributed by atoms with Gasteiger partial charge in [-0.1, -0.05) is 6.07 Å². The number of hydrogen-bond acceptors (Lipinski definition) is 3. The molecule has 124 valence electrons. The van der Waals surface area contributed by atoms with E-state index in [1.807, 2.05) is 31.5 Å². The number of anilines is 1. The molecule has 0 saturated heterocycles. The van der Waals surface area contributed by atoms with E-state index in [0.717, 1.165) is 22.5 Å². The fraction of sp³-hybridized carbons (Fsp3) is 0.412. The molecule has 0 saturated carbocycles. The van der Waals surface area contributed by atoms with Crippen LogP contribution >= 0.6 is 0 Å². The number of hydrogen-bond donors (Lipinski definition) is 2. The van der Waals surface area contributed by atoms with E-state index in [-0.39, 0.29) is 12.6 Å². The number of nitrogens with one attached hydrogen (secondary N) is 1. The van der Waals surface area contributed by atoms with Crippen LogP contribution in [-0.2, 0) is 0 Å². The van der Waals surface area contributed by atoms with E-state index in [9.17, 15) is 9.90 Å². The first-order valence-corrected chi connectivity index (χ1v) is 7.62. The lowest BCUT2D eigenvalue weighted by molar-refractivity contribution is 0.149. The predicted octanol–water partition coefficient (Wildman–Crippen LogP) is 2.64. The monoisotopic (exact) mass is 316 g/mol. The van der Waals surface area contributed by atoms with Gasteiger partial charge in [0.25, 0.3) is 0 Å². The number of aromatic nitrogens is 2. The van der Waals surface area contributed by atoms with Crippen molar-refractivity contribution in [1.82, 2.24) is 14.7 Å². The molecule has 0 aliphatic rings. The third kappa shape index (κ3) is 4.32. The molecule has 0 spiro atoms. The molecule has 2 N–H and O–H groups in total. The van der Waals surface area contributed by atoms with Gasteiger partial charge in [0.15, 0.2) is 5.82 Å². The van der Waals surface area contributed by atoms with Crippen molar-refractivity contribution < 1.29 is 9.90 Å². The van der Waals surface area contributed by atoms with Crippen molar-refractivity contribution in [3.05, 3.63) is 41.1 Å². The molecule has 6 nitrogen and oxygen atoms in total. The summed E-state index contributed by atoms with van der Waals surface area (Å²) in [5, 5.41) is 16.6. The minimum absolute atomic E-state index is 0.266. The molecule has 0 radical (unpaired) electrons. The number of nitrogens with zero attached hydrogens (tertiary/aromatic N) is 3. The third-order valence-electron chi connectivity index (χ3n) is 3.46. The molecular weight excluding hydrogens is 292 g/mol. The fourth-order valence-electron chi connectivity index (χ4n) is 2.55. The summed E-state index contributed by atoms with van der Waals surface area (Å²) in [7, 11) is 1.63. The number of likely N-dealkylation sites (N-methyl/N-ethyl adjacent to an activating group) is 1. The molecule has 2 rings (SSSR count). The Morgan fingerprint density at radius 1 is 1.26 bits per heavy atom. The van der Waals surface area contributed by atoms with Gasteiger partial charge in [-0.15, -0.1) is 5.10 Å². The van der Waals surface area contributed by atoms with E-state index < -0.39 is 6.10 Å². The first kappa shape index (κ1) is 17.0. The molecule has 23 heavy (non-hydrogen) atoms. The number of carbonyl (C=O) groups is 1. The van der Waals surface area contributed by atoms with E-state index in [1.165, 1.54) is 4.90 Å². The van der Waals surface area contributed by atoms with E-state index in [4.69, 9.17) is 0 Å². The maximum absolute atomic E-state index is 12.1. The average molecular weight is 316 g/mol. The van der Waals surface area contributed by atoms with Gasteiger partial charge in [-0.25, -0.2) is 9.48 Å². The minimum Gasteiger partial charge on any atom is -0.392 e. The smallest absolute Gasteiger partial charge is 0.322 e. The number of benzene rings is 1. The van der Waals surface area contributed by atoms with Gasteiger partial charge in [0.2, 0.25) is 0 Å². The highest BCUT2D eigenvalue weighted by molar-refractivity contribution is 5.88. The molecular formula is C17H24N4O2. The molecule has 1 aromatic carbocycles. The van der Waals surface area contributed by atoms with Crippen LogP contribution in [0.15, 0.2) is 24.3 Å². The fourth-order valence-corrected chi connectivity index (χ4v) is 2.55. The standard InChI is InChI=1S/C17H24N4O2/c1-11-6-12(2)8-15(7-11)21-13(3)9-16(19-21)18-17(23)20(5)10-14(4)22/h6-9,14,22H,10H2,1-5H3,(H,18,19,23)/t14-/m1/s1. The Bertz CT molecular complexity index is 686. The lowest BCUT2D eigenvalue weighted by Gasteiger charge is -2.18. The van der Waals surface area contributed by atoms with Gasteiger partial charge in [-0.2, -0.15) is 0 Å². The zero-order valence-electron chi connectivity index (χ0n) is 14.3. The summed E-state index contributed by atoms with van der Waals surface area (Å²) in [5.74, 6) is 0.490. The summed E-state index contributed by atoms with van der Waals surface area (Å²) in [6, 6.07) is 7.74. The summed E-state index contributed by atoms with van der Waals surface area (Å²) in [4.78, 5) is 13.5. The summed E-state index contributed by atoms with van der Waals surface area (Å²) >= 11 is 0. The first-order valence-electron chi connectivity index (χ1n) is 7.62. The van der Waals surface area contributed by atoms with Crippen LogP contribution in [0.25, 0.3) is 5.69 Å². The summed E-state index contributed by atoms with van der Waals surface area (Å²) in [6.07, 6.45) is -0.569. The largest absolute Gasteiger partial charge is 0.392 e. The van der Waals surface area contributed by atoms with E-state index >= 15 is 0 Å². The Labute approximate surface area is 136 Å². The van der Waals surface area contributed by atoms with E-state index in [0.29, 0.717) is 5.82 Å². The Morgan fingerprint density at radius 3 is 2.43 bits per heavy atom. The molecule has 1 atom stereocenters. The van der Waals surface area contributed by atoms with Gasteiger partial charge >= 0.3 is 6.03 Å². The van der Waals surface area contributed by atoms with Crippen molar-refractivity contribution in [1.29, 1.82) is 0 Å². The van der Waals surface area contributed by atoms with Crippen LogP contribution < -0.4 is 5.32 Å². The molecule has 0 fully saturated rings. The SMILES string of the molecule is Cc1cc(C)cc(-n2nc(NC(=O)N(C)C[C@@H](C)O)cc2C)c1. The zero-order valence-corrected chi connectivity index (χ0v) is 14.3.